The molecule has 0 spiro atoms. The number of thiophene rings is 1. The van der Waals surface area contributed by atoms with Crippen molar-refractivity contribution in [2.75, 3.05) is 13.2 Å². The summed E-state index contributed by atoms with van der Waals surface area (Å²) in [4.78, 5) is 12.2. The Balaban J connectivity index is 2.68. The highest BCUT2D eigenvalue weighted by Crippen LogP contribution is 2.29. The number of hydrogen-bond donors (Lipinski definition) is 0. The van der Waals surface area contributed by atoms with E-state index in [0.717, 1.165) is 17.0 Å². The molecule has 1 rings (SSSR count). The van der Waals surface area contributed by atoms with Gasteiger partial charge in [0.15, 0.2) is 5.06 Å². The lowest BCUT2D eigenvalue weighted by molar-refractivity contribution is 0.0554. The SMILES string of the molecule is C=CCOC(=O)c1sc(OCCC)cc1C. The van der Waals surface area contributed by atoms with E-state index in [-0.39, 0.29) is 12.6 Å². The second-order valence-corrected chi connectivity index (χ2v) is 4.33. The second-order valence-electron chi connectivity index (χ2n) is 3.31. The molecule has 0 aliphatic heterocycles. The third kappa shape index (κ3) is 3.38. The molecule has 88 valence electrons. The van der Waals surface area contributed by atoms with E-state index in [1.165, 1.54) is 11.3 Å². The Morgan fingerprint density at radius 3 is 3.00 bits per heavy atom. The molecule has 4 heteroatoms. The summed E-state index contributed by atoms with van der Waals surface area (Å²) in [6, 6.07) is 1.87. The van der Waals surface area contributed by atoms with Gasteiger partial charge in [-0.3, -0.25) is 0 Å². The van der Waals surface area contributed by atoms with E-state index < -0.39 is 0 Å². The molecule has 0 N–H and O–H groups in total. The fourth-order valence-corrected chi connectivity index (χ4v) is 2.07. The summed E-state index contributed by atoms with van der Waals surface area (Å²) in [5.74, 6) is -0.311. The molecule has 0 saturated heterocycles. The number of aryl methyl sites for hydroxylation is 1. The lowest BCUT2D eigenvalue weighted by Crippen LogP contribution is -2.03. The van der Waals surface area contributed by atoms with Gasteiger partial charge in [-0.1, -0.05) is 30.9 Å². The molecule has 0 fully saturated rings. The summed E-state index contributed by atoms with van der Waals surface area (Å²) in [6.07, 6.45) is 2.50. The van der Waals surface area contributed by atoms with Crippen LogP contribution in [-0.4, -0.2) is 19.2 Å². The molecule has 1 aromatic heterocycles. The van der Waals surface area contributed by atoms with Gasteiger partial charge in [0.1, 0.15) is 11.5 Å². The zero-order valence-electron chi connectivity index (χ0n) is 9.62. The molecule has 0 aromatic carbocycles. The quantitative estimate of drug-likeness (QED) is 0.566. The highest BCUT2D eigenvalue weighted by molar-refractivity contribution is 7.15. The van der Waals surface area contributed by atoms with E-state index >= 15 is 0 Å². The van der Waals surface area contributed by atoms with Crippen LogP contribution in [0.15, 0.2) is 18.7 Å². The molecule has 0 radical (unpaired) electrons. The van der Waals surface area contributed by atoms with Crippen LogP contribution in [0.4, 0.5) is 0 Å². The number of rotatable bonds is 6. The second kappa shape index (κ2) is 6.33. The molecule has 16 heavy (non-hydrogen) atoms. The first-order chi connectivity index (χ1) is 7.69. The van der Waals surface area contributed by atoms with Crippen LogP contribution in [0, 0.1) is 6.92 Å². The smallest absolute Gasteiger partial charge is 0.349 e. The fourth-order valence-electron chi connectivity index (χ4n) is 1.13. The lowest BCUT2D eigenvalue weighted by Gasteiger charge is -2.00. The van der Waals surface area contributed by atoms with Gasteiger partial charge in [-0.2, -0.15) is 0 Å². The highest BCUT2D eigenvalue weighted by Gasteiger charge is 2.15. The largest absolute Gasteiger partial charge is 0.484 e. The zero-order chi connectivity index (χ0) is 12.0. The predicted molar refractivity (Wildman–Crippen MR) is 65.3 cm³/mol. The summed E-state index contributed by atoms with van der Waals surface area (Å²) < 4.78 is 10.4. The van der Waals surface area contributed by atoms with Gasteiger partial charge in [0.05, 0.1) is 6.61 Å². The van der Waals surface area contributed by atoms with Gasteiger partial charge in [0, 0.05) is 0 Å². The summed E-state index contributed by atoms with van der Waals surface area (Å²) in [5.41, 5.74) is 0.894. The summed E-state index contributed by atoms with van der Waals surface area (Å²) >= 11 is 1.33. The van der Waals surface area contributed by atoms with Crippen molar-refractivity contribution in [3.63, 3.8) is 0 Å². The predicted octanol–water partition coefficient (Wildman–Crippen LogP) is 3.19. The maximum absolute atomic E-state index is 11.6. The van der Waals surface area contributed by atoms with Crippen LogP contribution in [0.25, 0.3) is 0 Å². The van der Waals surface area contributed by atoms with Crippen LogP contribution < -0.4 is 4.74 Å². The number of ether oxygens (including phenoxy) is 2. The van der Waals surface area contributed by atoms with Crippen molar-refractivity contribution < 1.29 is 14.3 Å². The molecule has 3 nitrogen and oxygen atoms in total. The van der Waals surface area contributed by atoms with Crippen LogP contribution >= 0.6 is 11.3 Å². The van der Waals surface area contributed by atoms with E-state index in [4.69, 9.17) is 9.47 Å². The fraction of sp³-hybridized carbons (Fsp3) is 0.417. The Hall–Kier alpha value is -1.29. The minimum absolute atomic E-state index is 0.237. The number of esters is 1. The monoisotopic (exact) mass is 240 g/mol. The topological polar surface area (TPSA) is 35.5 Å². The van der Waals surface area contributed by atoms with Gasteiger partial charge in [0.2, 0.25) is 0 Å². The normalized spacial score (nSPS) is 9.88. The Labute approximate surface area is 99.7 Å². The number of hydrogen-bond acceptors (Lipinski definition) is 4. The molecule has 1 aromatic rings. The standard InChI is InChI=1S/C12H16O3S/c1-4-6-14-10-8-9(3)11(16-10)12(13)15-7-5-2/h5,8H,2,4,6-7H2,1,3H3. The molecular weight excluding hydrogens is 224 g/mol. The third-order valence-corrected chi connectivity index (χ3v) is 2.99. The van der Waals surface area contributed by atoms with Crippen molar-refractivity contribution in [1.29, 1.82) is 0 Å². The van der Waals surface area contributed by atoms with Crippen molar-refractivity contribution in [3.8, 4) is 5.06 Å². The highest BCUT2D eigenvalue weighted by atomic mass is 32.1. The van der Waals surface area contributed by atoms with Crippen molar-refractivity contribution in [2.45, 2.75) is 20.3 Å². The molecule has 1 heterocycles. The number of carbonyl (C=O) groups is 1. The maximum Gasteiger partial charge on any atom is 0.349 e. The first kappa shape index (κ1) is 12.8. The molecule has 0 atom stereocenters. The van der Waals surface area contributed by atoms with Crippen LogP contribution in [0.2, 0.25) is 0 Å². The van der Waals surface area contributed by atoms with Crippen molar-refractivity contribution in [1.82, 2.24) is 0 Å². The van der Waals surface area contributed by atoms with Crippen LogP contribution in [0.5, 0.6) is 5.06 Å². The Morgan fingerprint density at radius 1 is 1.62 bits per heavy atom. The Bertz CT molecular complexity index is 368. The number of carbonyl (C=O) groups excluding carboxylic acids is 1. The van der Waals surface area contributed by atoms with E-state index in [0.29, 0.717) is 11.5 Å². The van der Waals surface area contributed by atoms with Crippen molar-refractivity contribution >= 4 is 17.3 Å². The van der Waals surface area contributed by atoms with Crippen molar-refractivity contribution in [2.24, 2.45) is 0 Å². The molecule has 0 aliphatic rings. The van der Waals surface area contributed by atoms with Gasteiger partial charge in [-0.25, -0.2) is 4.79 Å². The average Bonchev–Trinajstić information content (AvgIpc) is 2.64. The van der Waals surface area contributed by atoms with Crippen LogP contribution in [0.3, 0.4) is 0 Å². The lowest BCUT2D eigenvalue weighted by atomic mass is 10.3. The maximum atomic E-state index is 11.6. The van der Waals surface area contributed by atoms with Gasteiger partial charge >= 0.3 is 5.97 Å². The van der Waals surface area contributed by atoms with Crippen LogP contribution in [-0.2, 0) is 4.74 Å². The molecular formula is C12H16O3S. The van der Waals surface area contributed by atoms with Crippen LogP contribution in [0.1, 0.15) is 28.6 Å². The van der Waals surface area contributed by atoms with E-state index in [2.05, 4.69) is 6.58 Å². The zero-order valence-corrected chi connectivity index (χ0v) is 10.4. The molecule has 0 bridgehead atoms. The van der Waals surface area contributed by atoms with E-state index in [1.807, 2.05) is 19.9 Å². The Morgan fingerprint density at radius 2 is 2.38 bits per heavy atom. The summed E-state index contributed by atoms with van der Waals surface area (Å²) in [5, 5.41) is 0.768. The molecule has 0 amide bonds. The third-order valence-electron chi connectivity index (χ3n) is 1.86. The van der Waals surface area contributed by atoms with Crippen molar-refractivity contribution in [3.05, 3.63) is 29.2 Å². The summed E-state index contributed by atoms with van der Waals surface area (Å²) in [6.45, 7) is 8.32. The van der Waals surface area contributed by atoms with Gasteiger partial charge in [-0.15, -0.1) is 0 Å². The summed E-state index contributed by atoms with van der Waals surface area (Å²) in [7, 11) is 0. The first-order valence-electron chi connectivity index (χ1n) is 5.20. The molecule has 0 aliphatic carbocycles. The molecule has 0 saturated carbocycles. The minimum atomic E-state index is -0.311. The van der Waals surface area contributed by atoms with E-state index in [9.17, 15) is 4.79 Å². The van der Waals surface area contributed by atoms with Gasteiger partial charge in [0.25, 0.3) is 0 Å². The Kier molecular flexibility index (Phi) is 5.05. The van der Waals surface area contributed by atoms with Gasteiger partial charge in [-0.05, 0) is 25.0 Å². The minimum Gasteiger partial charge on any atom is -0.484 e. The first-order valence-corrected chi connectivity index (χ1v) is 6.02. The average molecular weight is 240 g/mol. The molecule has 0 unspecified atom stereocenters. The van der Waals surface area contributed by atoms with E-state index in [1.54, 1.807) is 6.08 Å². The van der Waals surface area contributed by atoms with Gasteiger partial charge < -0.3 is 9.47 Å².